The number of carbonyl (C=O) groups is 1. The Morgan fingerprint density at radius 3 is 2.39 bits per heavy atom. The zero-order chi connectivity index (χ0) is 13.4. The molecule has 0 unspecified atom stereocenters. The molecular weight excluding hydrogens is 230 g/mol. The van der Waals surface area contributed by atoms with Crippen LogP contribution in [-0.4, -0.2) is 28.9 Å². The summed E-state index contributed by atoms with van der Waals surface area (Å²) in [5.41, 5.74) is -0.249. The van der Waals surface area contributed by atoms with E-state index in [1.165, 1.54) is 0 Å². The van der Waals surface area contributed by atoms with E-state index in [0.717, 1.165) is 38.5 Å². The fourth-order valence-electron chi connectivity index (χ4n) is 3.60. The number of alkyl carbamates (subject to hydrolysis) is 1. The lowest BCUT2D eigenvalue weighted by Gasteiger charge is -2.30. The Hall–Kier alpha value is -0.770. The fourth-order valence-corrected chi connectivity index (χ4v) is 3.60. The number of aliphatic hydroxyl groups excluding tert-OH is 1. The molecule has 0 atom stereocenters. The van der Waals surface area contributed by atoms with Gasteiger partial charge in [0.1, 0.15) is 5.60 Å². The van der Waals surface area contributed by atoms with Crippen LogP contribution in [0.1, 0.15) is 59.3 Å². The molecule has 0 aliphatic heterocycles. The van der Waals surface area contributed by atoms with Gasteiger partial charge in [-0.2, -0.15) is 0 Å². The maximum absolute atomic E-state index is 11.9. The molecule has 2 aliphatic carbocycles. The van der Waals surface area contributed by atoms with Crippen molar-refractivity contribution < 1.29 is 14.6 Å². The van der Waals surface area contributed by atoms with Crippen LogP contribution in [0.2, 0.25) is 0 Å². The van der Waals surface area contributed by atoms with Gasteiger partial charge in [0.25, 0.3) is 0 Å². The van der Waals surface area contributed by atoms with E-state index in [0.29, 0.717) is 0 Å². The van der Waals surface area contributed by atoms with Gasteiger partial charge in [0, 0.05) is 12.1 Å². The number of carbonyl (C=O) groups excluding carboxylic acids is 1. The van der Waals surface area contributed by atoms with Gasteiger partial charge in [-0.25, -0.2) is 4.79 Å². The van der Waals surface area contributed by atoms with Crippen LogP contribution < -0.4 is 5.32 Å². The summed E-state index contributed by atoms with van der Waals surface area (Å²) in [5, 5.41) is 12.2. The normalized spacial score (nSPS) is 34.7. The van der Waals surface area contributed by atoms with Gasteiger partial charge in [-0.15, -0.1) is 0 Å². The van der Waals surface area contributed by atoms with Gasteiger partial charge in [0.2, 0.25) is 0 Å². The van der Waals surface area contributed by atoms with Crippen molar-refractivity contribution in [2.24, 2.45) is 5.41 Å². The lowest BCUT2D eigenvalue weighted by atomic mass is 9.81. The fraction of sp³-hybridized carbons (Fsp3) is 0.929. The predicted molar refractivity (Wildman–Crippen MR) is 69.3 cm³/mol. The molecule has 2 bridgehead atoms. The first-order valence-electron chi connectivity index (χ1n) is 6.90. The molecule has 0 heterocycles. The molecule has 0 aromatic carbocycles. The minimum Gasteiger partial charge on any atom is -0.444 e. The second-order valence-electron chi connectivity index (χ2n) is 7.06. The van der Waals surface area contributed by atoms with E-state index in [1.807, 2.05) is 20.8 Å². The minimum atomic E-state index is -0.444. The third-order valence-corrected chi connectivity index (χ3v) is 4.39. The van der Waals surface area contributed by atoms with Crippen molar-refractivity contribution in [2.45, 2.75) is 70.4 Å². The van der Waals surface area contributed by atoms with Crippen LogP contribution in [0.3, 0.4) is 0 Å². The molecule has 104 valence electrons. The monoisotopic (exact) mass is 255 g/mol. The van der Waals surface area contributed by atoms with Crippen LogP contribution in [0.25, 0.3) is 0 Å². The third-order valence-electron chi connectivity index (χ3n) is 4.39. The van der Waals surface area contributed by atoms with Gasteiger partial charge >= 0.3 is 6.09 Å². The molecule has 18 heavy (non-hydrogen) atoms. The van der Waals surface area contributed by atoms with Crippen molar-refractivity contribution in [3.05, 3.63) is 0 Å². The second kappa shape index (κ2) is 4.41. The Bertz CT molecular complexity index is 324. The maximum Gasteiger partial charge on any atom is 0.408 e. The number of aliphatic hydroxyl groups is 1. The molecule has 0 spiro atoms. The molecule has 2 rings (SSSR count). The summed E-state index contributed by atoms with van der Waals surface area (Å²) in [7, 11) is 0. The topological polar surface area (TPSA) is 58.6 Å². The number of hydrogen-bond donors (Lipinski definition) is 2. The Morgan fingerprint density at radius 2 is 1.89 bits per heavy atom. The van der Waals surface area contributed by atoms with Gasteiger partial charge < -0.3 is 15.2 Å². The van der Waals surface area contributed by atoms with Crippen LogP contribution in [0.4, 0.5) is 4.79 Å². The summed E-state index contributed by atoms with van der Waals surface area (Å²) < 4.78 is 5.34. The van der Waals surface area contributed by atoms with Gasteiger partial charge in [0.15, 0.2) is 0 Å². The second-order valence-corrected chi connectivity index (χ2v) is 7.06. The Morgan fingerprint density at radius 1 is 1.28 bits per heavy atom. The number of hydrogen-bond acceptors (Lipinski definition) is 3. The quantitative estimate of drug-likeness (QED) is 0.815. The van der Waals surface area contributed by atoms with E-state index in [2.05, 4.69) is 5.32 Å². The number of ether oxygens (including phenoxy) is 1. The van der Waals surface area contributed by atoms with Crippen LogP contribution in [0.5, 0.6) is 0 Å². The molecule has 4 nitrogen and oxygen atoms in total. The SMILES string of the molecule is CC(C)(C)OC(=O)NC12CCC(CCO)(CC1)C2. The highest BCUT2D eigenvalue weighted by molar-refractivity contribution is 5.69. The summed E-state index contributed by atoms with van der Waals surface area (Å²) in [6.07, 6.45) is 5.83. The summed E-state index contributed by atoms with van der Waals surface area (Å²) in [6, 6.07) is 0. The van der Waals surface area contributed by atoms with Crippen molar-refractivity contribution in [1.29, 1.82) is 0 Å². The minimum absolute atomic E-state index is 0.0719. The molecular formula is C14H25NO3. The van der Waals surface area contributed by atoms with E-state index in [1.54, 1.807) is 0 Å². The van der Waals surface area contributed by atoms with Gasteiger partial charge in [-0.3, -0.25) is 0 Å². The molecule has 0 aromatic rings. The highest BCUT2D eigenvalue weighted by Crippen LogP contribution is 2.58. The van der Waals surface area contributed by atoms with Crippen molar-refractivity contribution in [2.75, 3.05) is 6.61 Å². The molecule has 0 saturated heterocycles. The smallest absolute Gasteiger partial charge is 0.408 e. The first kappa shape index (κ1) is 13.7. The van der Waals surface area contributed by atoms with E-state index in [9.17, 15) is 4.79 Å². The molecule has 2 saturated carbocycles. The number of fused-ring (bicyclic) bond motifs is 2. The van der Waals surface area contributed by atoms with E-state index in [4.69, 9.17) is 9.84 Å². The first-order chi connectivity index (χ1) is 8.28. The lowest BCUT2D eigenvalue weighted by Crippen LogP contribution is -2.47. The van der Waals surface area contributed by atoms with Crippen molar-refractivity contribution in [3.8, 4) is 0 Å². The van der Waals surface area contributed by atoms with Crippen molar-refractivity contribution >= 4 is 6.09 Å². The molecule has 1 amide bonds. The molecule has 4 heteroatoms. The molecule has 2 N–H and O–H groups in total. The molecule has 0 radical (unpaired) electrons. The summed E-state index contributed by atoms with van der Waals surface area (Å²) in [4.78, 5) is 11.9. The van der Waals surface area contributed by atoms with Gasteiger partial charge in [-0.05, 0) is 64.7 Å². The average molecular weight is 255 g/mol. The van der Waals surface area contributed by atoms with Crippen molar-refractivity contribution in [1.82, 2.24) is 5.32 Å². The standard InChI is InChI=1S/C14H25NO3/c1-12(2,3)18-11(17)15-14-6-4-13(10-14,5-7-14)8-9-16/h16H,4-10H2,1-3H3,(H,15,17). The number of nitrogens with one attached hydrogen (secondary N) is 1. The highest BCUT2D eigenvalue weighted by Gasteiger charge is 2.54. The first-order valence-corrected chi connectivity index (χ1v) is 6.90. The number of amides is 1. The van der Waals surface area contributed by atoms with Crippen LogP contribution in [0.15, 0.2) is 0 Å². The lowest BCUT2D eigenvalue weighted by molar-refractivity contribution is 0.0458. The van der Waals surface area contributed by atoms with E-state index >= 15 is 0 Å². The Balaban J connectivity index is 1.94. The highest BCUT2D eigenvalue weighted by atomic mass is 16.6. The number of rotatable bonds is 3. The van der Waals surface area contributed by atoms with Crippen LogP contribution in [-0.2, 0) is 4.74 Å². The van der Waals surface area contributed by atoms with Crippen molar-refractivity contribution in [3.63, 3.8) is 0 Å². The maximum atomic E-state index is 11.9. The Kier molecular flexibility index (Phi) is 3.34. The zero-order valence-corrected chi connectivity index (χ0v) is 11.7. The van der Waals surface area contributed by atoms with E-state index < -0.39 is 5.60 Å². The predicted octanol–water partition coefficient (Wildman–Crippen LogP) is 2.60. The van der Waals surface area contributed by atoms with Crippen LogP contribution >= 0.6 is 0 Å². The molecule has 2 aliphatic rings. The van der Waals surface area contributed by atoms with Gasteiger partial charge in [0.05, 0.1) is 0 Å². The zero-order valence-electron chi connectivity index (χ0n) is 11.7. The Labute approximate surface area is 109 Å². The summed E-state index contributed by atoms with van der Waals surface area (Å²) >= 11 is 0. The summed E-state index contributed by atoms with van der Waals surface area (Å²) in [5.74, 6) is 0. The van der Waals surface area contributed by atoms with Gasteiger partial charge in [-0.1, -0.05) is 0 Å². The largest absolute Gasteiger partial charge is 0.444 e. The van der Waals surface area contributed by atoms with Crippen LogP contribution in [0, 0.1) is 5.41 Å². The molecule has 0 aromatic heterocycles. The summed E-state index contributed by atoms with van der Waals surface area (Å²) in [6.45, 7) is 5.89. The molecule has 2 fully saturated rings. The average Bonchev–Trinajstić information content (AvgIpc) is 2.70. The van der Waals surface area contributed by atoms with E-state index in [-0.39, 0.29) is 23.7 Å². The third kappa shape index (κ3) is 2.79.